The Morgan fingerprint density at radius 2 is 2.00 bits per heavy atom. The summed E-state index contributed by atoms with van der Waals surface area (Å²) in [5.41, 5.74) is 1.16. The number of carbonyl (C=O) groups is 1. The van der Waals surface area contributed by atoms with Crippen LogP contribution in [0.25, 0.3) is 0 Å². The van der Waals surface area contributed by atoms with Crippen molar-refractivity contribution in [2.45, 2.75) is 13.0 Å². The molecular weight excluding hydrogens is 309 g/mol. The SMILES string of the molecule is O=C(Cc1ccccc1F)Nc1ccc(NCc2ccco2)cn1. The van der Waals surface area contributed by atoms with Crippen molar-refractivity contribution in [1.82, 2.24) is 4.98 Å². The van der Waals surface area contributed by atoms with Gasteiger partial charge in [0.05, 0.1) is 31.1 Å². The summed E-state index contributed by atoms with van der Waals surface area (Å²) >= 11 is 0. The zero-order valence-corrected chi connectivity index (χ0v) is 12.8. The van der Waals surface area contributed by atoms with Crippen LogP contribution in [0, 0.1) is 5.82 Å². The highest BCUT2D eigenvalue weighted by molar-refractivity contribution is 5.91. The second-order valence-corrected chi connectivity index (χ2v) is 5.18. The molecule has 0 aliphatic heterocycles. The van der Waals surface area contributed by atoms with Gasteiger partial charge in [-0.15, -0.1) is 0 Å². The Labute approximate surface area is 138 Å². The first-order valence-electron chi connectivity index (χ1n) is 7.46. The van der Waals surface area contributed by atoms with Gasteiger partial charge in [-0.2, -0.15) is 0 Å². The van der Waals surface area contributed by atoms with Gasteiger partial charge in [-0.05, 0) is 35.9 Å². The van der Waals surface area contributed by atoms with Crippen molar-refractivity contribution in [1.29, 1.82) is 0 Å². The Hall–Kier alpha value is -3.15. The number of carbonyl (C=O) groups excluding carboxylic acids is 1. The fourth-order valence-corrected chi connectivity index (χ4v) is 2.18. The van der Waals surface area contributed by atoms with Crippen LogP contribution in [0.4, 0.5) is 15.9 Å². The molecule has 0 radical (unpaired) electrons. The van der Waals surface area contributed by atoms with Crippen molar-refractivity contribution in [3.8, 4) is 0 Å². The summed E-state index contributed by atoms with van der Waals surface area (Å²) in [5, 5.41) is 5.81. The van der Waals surface area contributed by atoms with Crippen LogP contribution in [0.3, 0.4) is 0 Å². The summed E-state index contributed by atoms with van der Waals surface area (Å²) in [6.45, 7) is 0.549. The number of furan rings is 1. The highest BCUT2D eigenvalue weighted by Crippen LogP contribution is 2.13. The lowest BCUT2D eigenvalue weighted by Gasteiger charge is -2.07. The Bertz CT molecular complexity index is 801. The van der Waals surface area contributed by atoms with Crippen molar-refractivity contribution in [2.75, 3.05) is 10.6 Å². The quantitative estimate of drug-likeness (QED) is 0.726. The molecule has 6 heteroatoms. The van der Waals surface area contributed by atoms with Gasteiger partial charge in [0.15, 0.2) is 0 Å². The van der Waals surface area contributed by atoms with Crippen molar-refractivity contribution in [3.63, 3.8) is 0 Å². The van der Waals surface area contributed by atoms with Gasteiger partial charge in [0.2, 0.25) is 5.91 Å². The largest absolute Gasteiger partial charge is 0.467 e. The van der Waals surface area contributed by atoms with E-state index in [1.54, 1.807) is 42.8 Å². The Kier molecular flexibility index (Phi) is 4.86. The third kappa shape index (κ3) is 4.19. The first-order valence-corrected chi connectivity index (χ1v) is 7.46. The van der Waals surface area contributed by atoms with Crippen molar-refractivity contribution in [3.05, 3.63) is 78.1 Å². The lowest BCUT2D eigenvalue weighted by atomic mass is 10.1. The second kappa shape index (κ2) is 7.41. The average Bonchev–Trinajstić information content (AvgIpc) is 3.10. The van der Waals surface area contributed by atoms with Crippen LogP contribution >= 0.6 is 0 Å². The number of hydrogen-bond donors (Lipinski definition) is 2. The molecule has 0 atom stereocenters. The predicted octanol–water partition coefficient (Wildman–Crippen LogP) is 3.61. The summed E-state index contributed by atoms with van der Waals surface area (Å²) in [6.07, 6.45) is 3.19. The normalized spacial score (nSPS) is 10.4. The van der Waals surface area contributed by atoms with Crippen LogP contribution in [0.1, 0.15) is 11.3 Å². The summed E-state index contributed by atoms with van der Waals surface area (Å²) in [7, 11) is 0. The number of benzene rings is 1. The lowest BCUT2D eigenvalue weighted by Crippen LogP contribution is -2.16. The van der Waals surface area contributed by atoms with Crippen LogP contribution in [0.5, 0.6) is 0 Å². The van der Waals surface area contributed by atoms with E-state index in [1.165, 1.54) is 6.07 Å². The molecule has 1 amide bonds. The number of rotatable bonds is 6. The van der Waals surface area contributed by atoms with E-state index in [4.69, 9.17) is 4.42 Å². The molecule has 2 heterocycles. The monoisotopic (exact) mass is 325 g/mol. The first kappa shape index (κ1) is 15.7. The highest BCUT2D eigenvalue weighted by Gasteiger charge is 2.08. The van der Waals surface area contributed by atoms with Crippen LogP contribution in [0.2, 0.25) is 0 Å². The van der Waals surface area contributed by atoms with E-state index in [0.717, 1.165) is 11.4 Å². The topological polar surface area (TPSA) is 67.2 Å². The van der Waals surface area contributed by atoms with Crippen molar-refractivity contribution >= 4 is 17.4 Å². The van der Waals surface area contributed by atoms with Crippen LogP contribution in [-0.4, -0.2) is 10.9 Å². The molecule has 3 aromatic rings. The molecule has 5 nitrogen and oxygen atoms in total. The van der Waals surface area contributed by atoms with Crippen molar-refractivity contribution < 1.29 is 13.6 Å². The highest BCUT2D eigenvalue weighted by atomic mass is 19.1. The van der Waals surface area contributed by atoms with E-state index in [9.17, 15) is 9.18 Å². The number of anilines is 2. The predicted molar refractivity (Wildman–Crippen MR) is 89.0 cm³/mol. The molecule has 0 unspecified atom stereocenters. The standard InChI is InChI=1S/C18H16FN3O2/c19-16-6-2-1-4-13(16)10-18(23)22-17-8-7-14(11-21-17)20-12-15-5-3-9-24-15/h1-9,11,20H,10,12H2,(H,21,22,23). The van der Waals surface area contributed by atoms with E-state index >= 15 is 0 Å². The lowest BCUT2D eigenvalue weighted by molar-refractivity contribution is -0.115. The Morgan fingerprint density at radius 1 is 1.12 bits per heavy atom. The van der Waals surface area contributed by atoms with E-state index in [1.807, 2.05) is 12.1 Å². The van der Waals surface area contributed by atoms with Gasteiger partial charge >= 0.3 is 0 Å². The molecule has 0 saturated carbocycles. The molecule has 24 heavy (non-hydrogen) atoms. The Balaban J connectivity index is 1.54. The molecule has 0 spiro atoms. The molecule has 3 rings (SSSR count). The number of amides is 1. The summed E-state index contributed by atoms with van der Waals surface area (Å²) < 4.78 is 18.8. The maximum absolute atomic E-state index is 13.5. The minimum absolute atomic E-state index is 0.0349. The Morgan fingerprint density at radius 3 is 2.71 bits per heavy atom. The molecule has 1 aromatic carbocycles. The van der Waals surface area contributed by atoms with Gasteiger partial charge in [0.25, 0.3) is 0 Å². The molecular formula is C18H16FN3O2. The maximum atomic E-state index is 13.5. The van der Waals surface area contributed by atoms with Crippen LogP contribution in [-0.2, 0) is 17.8 Å². The third-order valence-corrected chi connectivity index (χ3v) is 3.39. The number of nitrogens with zero attached hydrogens (tertiary/aromatic N) is 1. The molecule has 2 N–H and O–H groups in total. The van der Waals surface area contributed by atoms with E-state index in [-0.39, 0.29) is 12.3 Å². The minimum atomic E-state index is -0.391. The van der Waals surface area contributed by atoms with Gasteiger partial charge in [-0.3, -0.25) is 4.79 Å². The molecule has 122 valence electrons. The molecule has 0 saturated heterocycles. The number of nitrogens with one attached hydrogen (secondary N) is 2. The molecule has 2 aromatic heterocycles. The summed E-state index contributed by atoms with van der Waals surface area (Å²) in [5.74, 6) is 0.527. The molecule has 0 aliphatic carbocycles. The fourth-order valence-electron chi connectivity index (χ4n) is 2.18. The zero-order chi connectivity index (χ0) is 16.8. The molecule has 0 aliphatic rings. The van der Waals surface area contributed by atoms with E-state index in [0.29, 0.717) is 17.9 Å². The van der Waals surface area contributed by atoms with Crippen LogP contribution in [0.15, 0.2) is 65.4 Å². The smallest absolute Gasteiger partial charge is 0.230 e. The van der Waals surface area contributed by atoms with E-state index < -0.39 is 5.82 Å². The summed E-state index contributed by atoms with van der Waals surface area (Å²) in [6, 6.07) is 13.4. The van der Waals surface area contributed by atoms with Crippen molar-refractivity contribution in [2.24, 2.45) is 0 Å². The molecule has 0 bridgehead atoms. The number of aromatic nitrogens is 1. The second-order valence-electron chi connectivity index (χ2n) is 5.18. The van der Waals surface area contributed by atoms with Gasteiger partial charge in [-0.25, -0.2) is 9.37 Å². The number of halogens is 1. The number of hydrogen-bond acceptors (Lipinski definition) is 4. The van der Waals surface area contributed by atoms with Gasteiger partial charge in [0, 0.05) is 0 Å². The minimum Gasteiger partial charge on any atom is -0.467 e. The van der Waals surface area contributed by atoms with Gasteiger partial charge < -0.3 is 15.1 Å². The first-order chi connectivity index (χ1) is 11.7. The van der Waals surface area contributed by atoms with Gasteiger partial charge in [-0.1, -0.05) is 18.2 Å². The summed E-state index contributed by atoms with van der Waals surface area (Å²) in [4.78, 5) is 16.1. The zero-order valence-electron chi connectivity index (χ0n) is 12.8. The molecule has 0 fully saturated rings. The van der Waals surface area contributed by atoms with Gasteiger partial charge in [0.1, 0.15) is 17.4 Å². The van der Waals surface area contributed by atoms with Crippen LogP contribution < -0.4 is 10.6 Å². The third-order valence-electron chi connectivity index (χ3n) is 3.39. The average molecular weight is 325 g/mol. The maximum Gasteiger partial charge on any atom is 0.230 e. The van der Waals surface area contributed by atoms with E-state index in [2.05, 4.69) is 15.6 Å². The number of pyridine rings is 1. The fraction of sp³-hybridized carbons (Fsp3) is 0.111.